The van der Waals surface area contributed by atoms with E-state index in [1.54, 1.807) is 24.5 Å². The number of piperazine rings is 1. The summed E-state index contributed by atoms with van der Waals surface area (Å²) in [4.78, 5) is 21.0. The molecule has 1 aromatic heterocycles. The van der Waals surface area contributed by atoms with Crippen LogP contribution in [0.5, 0.6) is 0 Å². The van der Waals surface area contributed by atoms with Crippen molar-refractivity contribution < 1.29 is 9.18 Å². The maximum Gasteiger partial charge on any atom is 0.254 e. The van der Waals surface area contributed by atoms with Gasteiger partial charge < -0.3 is 4.90 Å². The van der Waals surface area contributed by atoms with E-state index in [4.69, 9.17) is 0 Å². The third-order valence-corrected chi connectivity index (χ3v) is 4.89. The average molecular weight is 341 g/mol. The first-order valence-corrected chi connectivity index (χ1v) is 8.74. The van der Waals surface area contributed by atoms with Crippen molar-refractivity contribution in [2.45, 2.75) is 32.4 Å². The minimum Gasteiger partial charge on any atom is -0.336 e. The first-order chi connectivity index (χ1) is 12.0. The molecule has 2 atom stereocenters. The van der Waals surface area contributed by atoms with Gasteiger partial charge >= 0.3 is 0 Å². The van der Waals surface area contributed by atoms with Gasteiger partial charge in [-0.25, -0.2) is 4.39 Å². The van der Waals surface area contributed by atoms with Crippen molar-refractivity contribution in [1.82, 2.24) is 14.8 Å². The first-order valence-electron chi connectivity index (χ1n) is 8.74. The Hall–Kier alpha value is -2.27. The summed E-state index contributed by atoms with van der Waals surface area (Å²) in [6.07, 6.45) is 4.19. The van der Waals surface area contributed by atoms with Crippen LogP contribution < -0.4 is 0 Å². The lowest BCUT2D eigenvalue weighted by molar-refractivity contribution is 0.0311. The van der Waals surface area contributed by atoms with Crippen LogP contribution in [0.25, 0.3) is 0 Å². The van der Waals surface area contributed by atoms with E-state index in [9.17, 15) is 9.18 Å². The number of hydrogen-bond donors (Lipinski definition) is 0. The second kappa shape index (κ2) is 7.74. The van der Waals surface area contributed by atoms with Crippen LogP contribution >= 0.6 is 0 Å². The molecule has 0 saturated carbocycles. The molecule has 0 spiro atoms. The topological polar surface area (TPSA) is 36.4 Å². The second-order valence-electron chi connectivity index (χ2n) is 6.76. The van der Waals surface area contributed by atoms with Gasteiger partial charge in [0.15, 0.2) is 0 Å². The summed E-state index contributed by atoms with van der Waals surface area (Å²) in [6, 6.07) is 10.8. The molecule has 1 amide bonds. The number of pyridine rings is 1. The molecule has 2 aromatic rings. The molecule has 0 N–H and O–H groups in total. The molecule has 1 aliphatic rings. The highest BCUT2D eigenvalue weighted by Gasteiger charge is 2.31. The van der Waals surface area contributed by atoms with Gasteiger partial charge in [0.25, 0.3) is 5.91 Å². The number of nitrogens with zero attached hydrogens (tertiary/aromatic N) is 3. The van der Waals surface area contributed by atoms with Gasteiger partial charge in [-0.2, -0.15) is 0 Å². The van der Waals surface area contributed by atoms with Crippen LogP contribution in [0, 0.1) is 5.82 Å². The van der Waals surface area contributed by atoms with Gasteiger partial charge in [-0.1, -0.05) is 12.1 Å². The lowest BCUT2D eigenvalue weighted by Crippen LogP contribution is -2.58. The Balaban J connectivity index is 1.60. The highest BCUT2D eigenvalue weighted by Crippen LogP contribution is 2.18. The Bertz CT molecular complexity index is 693. The van der Waals surface area contributed by atoms with Crippen molar-refractivity contribution in [3.05, 3.63) is 65.7 Å². The lowest BCUT2D eigenvalue weighted by atomic mass is 10.0. The maximum absolute atomic E-state index is 13.0. The number of hydrogen-bond acceptors (Lipinski definition) is 3. The van der Waals surface area contributed by atoms with Crippen LogP contribution in [0.3, 0.4) is 0 Å². The molecule has 1 fully saturated rings. The van der Waals surface area contributed by atoms with E-state index in [2.05, 4.69) is 23.7 Å². The second-order valence-corrected chi connectivity index (χ2v) is 6.76. The van der Waals surface area contributed by atoms with E-state index >= 15 is 0 Å². The zero-order valence-corrected chi connectivity index (χ0v) is 14.7. The number of rotatable bonds is 4. The van der Waals surface area contributed by atoms with E-state index in [1.807, 2.05) is 17.0 Å². The average Bonchev–Trinajstić information content (AvgIpc) is 2.62. The van der Waals surface area contributed by atoms with Crippen LogP contribution in [-0.4, -0.2) is 52.4 Å². The number of carbonyl (C=O) groups excluding carboxylic acids is 1. The molecule has 2 heterocycles. The Kier molecular flexibility index (Phi) is 5.43. The van der Waals surface area contributed by atoms with Gasteiger partial charge in [0.1, 0.15) is 5.82 Å². The van der Waals surface area contributed by atoms with Crippen molar-refractivity contribution in [2.75, 3.05) is 19.6 Å². The molecule has 3 rings (SSSR count). The van der Waals surface area contributed by atoms with Crippen LogP contribution in [0.4, 0.5) is 4.39 Å². The third kappa shape index (κ3) is 4.23. The van der Waals surface area contributed by atoms with Gasteiger partial charge in [-0.05, 0) is 50.1 Å². The number of carbonyl (C=O) groups is 1. The Morgan fingerprint density at radius 2 is 1.68 bits per heavy atom. The summed E-state index contributed by atoms with van der Waals surface area (Å²) >= 11 is 0. The molecule has 2 unspecified atom stereocenters. The fourth-order valence-corrected chi connectivity index (χ4v) is 3.55. The molecular formula is C20H24FN3O. The Morgan fingerprint density at radius 1 is 1.08 bits per heavy atom. The molecule has 132 valence electrons. The molecule has 0 aliphatic carbocycles. The Labute approximate surface area is 148 Å². The minimum absolute atomic E-state index is 0.0688. The van der Waals surface area contributed by atoms with Crippen molar-refractivity contribution in [3.8, 4) is 0 Å². The van der Waals surface area contributed by atoms with Crippen molar-refractivity contribution >= 4 is 5.91 Å². The zero-order chi connectivity index (χ0) is 17.8. The predicted molar refractivity (Wildman–Crippen MR) is 95.9 cm³/mol. The third-order valence-electron chi connectivity index (χ3n) is 4.89. The standard InChI is InChI=1S/C20H24FN3O/c1-15-13-23(20(25)18-7-10-22-11-8-18)14-16(2)24(15)12-9-17-3-5-19(21)6-4-17/h3-8,10-11,15-16H,9,12-14H2,1-2H3. The number of amides is 1. The highest BCUT2D eigenvalue weighted by atomic mass is 19.1. The maximum atomic E-state index is 13.0. The van der Waals surface area contributed by atoms with Crippen molar-refractivity contribution in [1.29, 1.82) is 0 Å². The monoisotopic (exact) mass is 341 g/mol. The number of aromatic nitrogens is 1. The van der Waals surface area contributed by atoms with E-state index in [1.165, 1.54) is 12.1 Å². The summed E-state index contributed by atoms with van der Waals surface area (Å²) in [5.41, 5.74) is 1.82. The largest absolute Gasteiger partial charge is 0.336 e. The number of benzene rings is 1. The SMILES string of the molecule is CC1CN(C(=O)c2ccncc2)CC(C)N1CCc1ccc(F)cc1. The van der Waals surface area contributed by atoms with E-state index in [0.29, 0.717) is 5.56 Å². The van der Waals surface area contributed by atoms with Crippen LogP contribution in [0.1, 0.15) is 29.8 Å². The summed E-state index contributed by atoms with van der Waals surface area (Å²) < 4.78 is 13.0. The van der Waals surface area contributed by atoms with Gasteiger partial charge in [0.2, 0.25) is 0 Å². The van der Waals surface area contributed by atoms with Gasteiger partial charge in [0.05, 0.1) is 0 Å². The molecule has 1 aromatic carbocycles. The van der Waals surface area contributed by atoms with E-state index < -0.39 is 0 Å². The van der Waals surface area contributed by atoms with Gasteiger partial charge in [-0.15, -0.1) is 0 Å². The molecular weight excluding hydrogens is 317 g/mol. The van der Waals surface area contributed by atoms with Gasteiger partial charge in [0, 0.05) is 49.7 Å². The van der Waals surface area contributed by atoms with Crippen LogP contribution in [0.15, 0.2) is 48.8 Å². The quantitative estimate of drug-likeness (QED) is 0.858. The zero-order valence-electron chi connectivity index (χ0n) is 14.7. The molecule has 5 heteroatoms. The van der Waals surface area contributed by atoms with E-state index in [0.717, 1.165) is 31.6 Å². The predicted octanol–water partition coefficient (Wildman–Crippen LogP) is 3.00. The van der Waals surface area contributed by atoms with Crippen molar-refractivity contribution in [3.63, 3.8) is 0 Å². The van der Waals surface area contributed by atoms with Gasteiger partial charge in [-0.3, -0.25) is 14.7 Å². The van der Waals surface area contributed by atoms with Crippen molar-refractivity contribution in [2.24, 2.45) is 0 Å². The lowest BCUT2D eigenvalue weighted by Gasteiger charge is -2.44. The molecule has 1 aliphatic heterocycles. The Morgan fingerprint density at radius 3 is 2.28 bits per heavy atom. The van der Waals surface area contributed by atoms with E-state index in [-0.39, 0.29) is 23.8 Å². The fraction of sp³-hybridized carbons (Fsp3) is 0.400. The molecule has 0 radical (unpaired) electrons. The molecule has 1 saturated heterocycles. The summed E-state index contributed by atoms with van der Waals surface area (Å²) in [6.45, 7) is 6.66. The van der Waals surface area contributed by atoms with Crippen LogP contribution in [0.2, 0.25) is 0 Å². The normalized spacial score (nSPS) is 21.3. The first kappa shape index (κ1) is 17.5. The summed E-state index contributed by atoms with van der Waals surface area (Å²) in [7, 11) is 0. The summed E-state index contributed by atoms with van der Waals surface area (Å²) in [5.74, 6) is -0.131. The highest BCUT2D eigenvalue weighted by molar-refractivity contribution is 5.94. The molecule has 25 heavy (non-hydrogen) atoms. The smallest absolute Gasteiger partial charge is 0.254 e. The number of halogens is 1. The van der Waals surface area contributed by atoms with Crippen LogP contribution in [-0.2, 0) is 6.42 Å². The fourth-order valence-electron chi connectivity index (χ4n) is 3.55. The molecule has 0 bridgehead atoms. The minimum atomic E-state index is -0.200. The summed E-state index contributed by atoms with van der Waals surface area (Å²) in [5, 5.41) is 0. The molecule has 4 nitrogen and oxygen atoms in total.